The topological polar surface area (TPSA) is 38.9 Å². The molecule has 0 fully saturated rings. The summed E-state index contributed by atoms with van der Waals surface area (Å²) in [5.74, 6) is 0.654. The summed E-state index contributed by atoms with van der Waals surface area (Å²) in [5, 5.41) is 2.15. The Morgan fingerprint density at radius 1 is 0.306 bits per heavy atom. The van der Waals surface area contributed by atoms with Gasteiger partial charge in [-0.05, 0) is 91.0 Å². The van der Waals surface area contributed by atoms with E-state index in [1.807, 2.05) is 12.1 Å². The molecule has 0 saturated heterocycles. The van der Waals surface area contributed by atoms with E-state index in [1.54, 1.807) is 0 Å². The zero-order valence-corrected chi connectivity index (χ0v) is 33.6. The third kappa shape index (κ3) is 5.00. The number of nitrogens with zero attached hydrogens (tertiary/aromatic N) is 2. The van der Waals surface area contributed by atoms with Crippen LogP contribution in [0.2, 0.25) is 0 Å². The fourth-order valence-electron chi connectivity index (χ4n) is 10.5. The third-order valence-corrected chi connectivity index (χ3v) is 13.2. The number of rotatable bonds is 4. The van der Waals surface area contributed by atoms with Gasteiger partial charge in [-0.25, -0.2) is 9.97 Å². The molecule has 13 rings (SSSR count). The first-order chi connectivity index (χ1) is 30.7. The Kier molecular flexibility index (Phi) is 7.52. The predicted molar refractivity (Wildman–Crippen MR) is 253 cm³/mol. The van der Waals surface area contributed by atoms with Crippen molar-refractivity contribution in [3.8, 4) is 78.4 Å². The van der Waals surface area contributed by atoms with Crippen molar-refractivity contribution in [2.45, 2.75) is 5.41 Å². The summed E-state index contributed by atoms with van der Waals surface area (Å²) in [6, 6.07) is 78.7. The van der Waals surface area contributed by atoms with Crippen LogP contribution in [-0.4, -0.2) is 9.97 Å². The van der Waals surface area contributed by atoms with E-state index in [0.29, 0.717) is 5.82 Å². The van der Waals surface area contributed by atoms with Crippen LogP contribution in [0.15, 0.2) is 223 Å². The van der Waals surface area contributed by atoms with Gasteiger partial charge in [-0.2, -0.15) is 0 Å². The Morgan fingerprint density at radius 2 is 0.790 bits per heavy atom. The SMILES string of the molecule is c1ccc(-c2ccc(-c3cc(-c4cccc5c4oc4ccccc45)nc(-c4ccc5c(c4)C4(c6ccccc6-c6ccccc6-5)c5ccccc5-c5ccccc54)n3)cc2)cc1. The average molecular weight is 789 g/mol. The van der Waals surface area contributed by atoms with Gasteiger partial charge >= 0.3 is 0 Å². The van der Waals surface area contributed by atoms with Gasteiger partial charge in [0.25, 0.3) is 0 Å². The van der Waals surface area contributed by atoms with Crippen molar-refractivity contribution in [2.24, 2.45) is 0 Å². The van der Waals surface area contributed by atoms with Crippen molar-refractivity contribution in [1.29, 1.82) is 0 Å². The van der Waals surface area contributed by atoms with Crippen LogP contribution in [0, 0.1) is 0 Å². The second-order valence-corrected chi connectivity index (χ2v) is 16.4. The van der Waals surface area contributed by atoms with Gasteiger partial charge in [-0.1, -0.05) is 194 Å². The maximum atomic E-state index is 6.62. The molecule has 0 amide bonds. The van der Waals surface area contributed by atoms with E-state index in [1.165, 1.54) is 61.2 Å². The van der Waals surface area contributed by atoms with E-state index in [-0.39, 0.29) is 0 Å². The molecule has 0 aliphatic heterocycles. The summed E-state index contributed by atoms with van der Waals surface area (Å²) in [6.07, 6.45) is 0. The fraction of sp³-hybridized carbons (Fsp3) is 0.0169. The van der Waals surface area contributed by atoms with Crippen LogP contribution in [-0.2, 0) is 5.41 Å². The lowest BCUT2D eigenvalue weighted by Crippen LogP contribution is -2.29. The summed E-state index contributed by atoms with van der Waals surface area (Å²) in [5.41, 5.74) is 20.4. The third-order valence-electron chi connectivity index (χ3n) is 13.2. The molecule has 62 heavy (non-hydrogen) atoms. The molecule has 0 atom stereocenters. The Balaban J connectivity index is 1.09. The molecule has 2 aliphatic rings. The van der Waals surface area contributed by atoms with E-state index in [2.05, 4.69) is 206 Å². The van der Waals surface area contributed by atoms with Gasteiger partial charge in [0.1, 0.15) is 11.2 Å². The highest BCUT2D eigenvalue weighted by molar-refractivity contribution is 6.09. The van der Waals surface area contributed by atoms with E-state index in [4.69, 9.17) is 14.4 Å². The van der Waals surface area contributed by atoms with Crippen LogP contribution in [0.1, 0.15) is 22.3 Å². The Labute approximate surface area is 359 Å². The Morgan fingerprint density at radius 3 is 1.48 bits per heavy atom. The van der Waals surface area contributed by atoms with E-state index < -0.39 is 5.41 Å². The average Bonchev–Trinajstić information content (AvgIpc) is 3.85. The van der Waals surface area contributed by atoms with Gasteiger partial charge < -0.3 is 4.42 Å². The van der Waals surface area contributed by atoms with Gasteiger partial charge in [0, 0.05) is 27.5 Å². The van der Waals surface area contributed by atoms with Crippen LogP contribution >= 0.6 is 0 Å². The monoisotopic (exact) mass is 788 g/mol. The van der Waals surface area contributed by atoms with Gasteiger partial charge in [-0.15, -0.1) is 0 Å². The lowest BCUT2D eigenvalue weighted by molar-refractivity contribution is 0.670. The summed E-state index contributed by atoms with van der Waals surface area (Å²) in [4.78, 5) is 10.9. The number of benzene rings is 9. The molecular formula is C59H36N2O. The highest BCUT2D eigenvalue weighted by Crippen LogP contribution is 2.61. The van der Waals surface area contributed by atoms with Gasteiger partial charge in [-0.3, -0.25) is 0 Å². The molecule has 11 aromatic rings. The number of para-hydroxylation sites is 2. The van der Waals surface area contributed by atoms with Crippen LogP contribution in [0.4, 0.5) is 0 Å². The second-order valence-electron chi connectivity index (χ2n) is 16.4. The van der Waals surface area contributed by atoms with Gasteiger partial charge in [0.15, 0.2) is 5.82 Å². The second kappa shape index (κ2) is 13.4. The number of hydrogen-bond acceptors (Lipinski definition) is 3. The molecule has 0 bridgehead atoms. The molecule has 0 radical (unpaired) electrons. The molecule has 9 aromatic carbocycles. The Hall–Kier alpha value is -8.14. The molecule has 0 unspecified atom stereocenters. The Bertz CT molecular complexity index is 3540. The quantitative estimate of drug-likeness (QED) is 0.178. The molecule has 2 heterocycles. The normalized spacial score (nSPS) is 13.0. The largest absolute Gasteiger partial charge is 0.455 e. The maximum absolute atomic E-state index is 6.62. The highest BCUT2D eigenvalue weighted by Gasteiger charge is 2.49. The predicted octanol–water partition coefficient (Wildman–Crippen LogP) is 15.1. The maximum Gasteiger partial charge on any atom is 0.160 e. The van der Waals surface area contributed by atoms with E-state index in [0.717, 1.165) is 55.6 Å². The molecule has 0 saturated carbocycles. The smallest absolute Gasteiger partial charge is 0.160 e. The van der Waals surface area contributed by atoms with E-state index >= 15 is 0 Å². The van der Waals surface area contributed by atoms with Crippen molar-refractivity contribution < 1.29 is 4.42 Å². The number of aromatic nitrogens is 2. The summed E-state index contributed by atoms with van der Waals surface area (Å²) in [7, 11) is 0. The van der Waals surface area contributed by atoms with Crippen LogP contribution in [0.25, 0.3) is 100 Å². The van der Waals surface area contributed by atoms with Crippen molar-refractivity contribution >= 4 is 21.9 Å². The minimum Gasteiger partial charge on any atom is -0.455 e. The minimum atomic E-state index is -0.609. The van der Waals surface area contributed by atoms with Crippen LogP contribution < -0.4 is 0 Å². The summed E-state index contributed by atoms with van der Waals surface area (Å²) in [6.45, 7) is 0. The van der Waals surface area contributed by atoms with E-state index in [9.17, 15) is 0 Å². The summed E-state index contributed by atoms with van der Waals surface area (Å²) >= 11 is 0. The molecule has 2 aromatic heterocycles. The molecule has 3 nitrogen and oxygen atoms in total. The number of hydrogen-bond donors (Lipinski definition) is 0. The molecule has 0 N–H and O–H groups in total. The molecule has 1 spiro atoms. The minimum absolute atomic E-state index is 0.609. The number of furan rings is 1. The van der Waals surface area contributed by atoms with Crippen LogP contribution in [0.3, 0.4) is 0 Å². The zero-order valence-electron chi connectivity index (χ0n) is 33.6. The standard InChI is InChI=1S/C59H36N2O/c1-2-15-37(16-3-1)38-29-31-39(32-30-38)54-36-55(49-24-14-23-48-47-22-9-13-28-56(47)62-57(48)49)61-58(60-54)40-33-34-46-42-18-5-4-17-41(42)43-19-6-10-25-50(43)59(53(46)35-40)51-26-11-7-20-44(51)45-21-8-12-27-52(45)59/h1-36H. The van der Waals surface area contributed by atoms with Crippen molar-refractivity contribution in [1.82, 2.24) is 9.97 Å². The van der Waals surface area contributed by atoms with Crippen molar-refractivity contribution in [3.63, 3.8) is 0 Å². The number of fused-ring (bicyclic) bond motifs is 15. The van der Waals surface area contributed by atoms with Gasteiger partial charge in [0.05, 0.1) is 16.8 Å². The first-order valence-electron chi connectivity index (χ1n) is 21.2. The molecular weight excluding hydrogens is 753 g/mol. The zero-order chi connectivity index (χ0) is 40.8. The van der Waals surface area contributed by atoms with Crippen molar-refractivity contribution in [2.75, 3.05) is 0 Å². The lowest BCUT2D eigenvalue weighted by Gasteiger charge is -2.35. The molecule has 288 valence electrons. The molecule has 3 heteroatoms. The first kappa shape index (κ1) is 34.7. The fourth-order valence-corrected chi connectivity index (χ4v) is 10.5. The van der Waals surface area contributed by atoms with Gasteiger partial charge in [0.2, 0.25) is 0 Å². The summed E-state index contributed by atoms with van der Waals surface area (Å²) < 4.78 is 6.62. The first-order valence-corrected chi connectivity index (χ1v) is 21.2. The molecule has 2 aliphatic carbocycles. The lowest BCUT2D eigenvalue weighted by atomic mass is 9.65. The van der Waals surface area contributed by atoms with Crippen molar-refractivity contribution in [3.05, 3.63) is 241 Å². The van der Waals surface area contributed by atoms with Crippen LogP contribution in [0.5, 0.6) is 0 Å². The highest BCUT2D eigenvalue weighted by atomic mass is 16.3.